The van der Waals surface area contributed by atoms with E-state index in [-0.39, 0.29) is 12.0 Å². The van der Waals surface area contributed by atoms with Gasteiger partial charge in [-0.15, -0.1) is 0 Å². The van der Waals surface area contributed by atoms with Gasteiger partial charge in [0.1, 0.15) is 0 Å². The molecular weight excluding hydrogens is 198 g/mol. The number of amides is 2. The van der Waals surface area contributed by atoms with Crippen LogP contribution < -0.4 is 0 Å². The predicted molar refractivity (Wildman–Crippen MR) is 49.8 cm³/mol. The molecule has 1 heterocycles. The molecule has 0 spiro atoms. The Morgan fingerprint density at radius 3 is 2.73 bits per heavy atom. The van der Waals surface area contributed by atoms with Gasteiger partial charge in [0.05, 0.1) is 6.42 Å². The SMILES string of the molecule is C=C1CC(=O)N(OC(=O)C#CCC)C1=O. The molecule has 0 unspecified atom stereocenters. The van der Waals surface area contributed by atoms with Gasteiger partial charge in [0.25, 0.3) is 11.8 Å². The highest BCUT2D eigenvalue weighted by molar-refractivity contribution is 6.12. The quantitative estimate of drug-likeness (QED) is 0.349. The molecule has 1 saturated heterocycles. The minimum absolute atomic E-state index is 0.108. The zero-order chi connectivity index (χ0) is 11.4. The second kappa shape index (κ2) is 4.42. The number of nitrogens with zero attached hydrogens (tertiary/aromatic N) is 1. The van der Waals surface area contributed by atoms with Gasteiger partial charge in [0.2, 0.25) is 0 Å². The van der Waals surface area contributed by atoms with Crippen molar-refractivity contribution in [3.8, 4) is 11.8 Å². The van der Waals surface area contributed by atoms with Gasteiger partial charge in [-0.1, -0.05) is 24.5 Å². The first kappa shape index (κ1) is 11.0. The first-order chi connectivity index (χ1) is 7.06. The molecule has 2 amide bonds. The fourth-order valence-electron chi connectivity index (χ4n) is 0.945. The van der Waals surface area contributed by atoms with Crippen LogP contribution in [0.3, 0.4) is 0 Å². The van der Waals surface area contributed by atoms with Crippen molar-refractivity contribution in [3.05, 3.63) is 12.2 Å². The first-order valence-electron chi connectivity index (χ1n) is 4.32. The van der Waals surface area contributed by atoms with Crippen LogP contribution in [-0.2, 0) is 19.2 Å². The highest BCUT2D eigenvalue weighted by atomic mass is 16.7. The standard InChI is InChI=1S/C10H9NO4/c1-3-4-5-9(13)15-11-8(12)6-7(2)10(11)14/h2-3,6H2,1H3. The third-order valence-corrected chi connectivity index (χ3v) is 1.62. The molecule has 78 valence electrons. The fourth-order valence-corrected chi connectivity index (χ4v) is 0.945. The Morgan fingerprint density at radius 2 is 2.27 bits per heavy atom. The van der Waals surface area contributed by atoms with E-state index in [1.807, 2.05) is 0 Å². The lowest BCUT2D eigenvalue weighted by Gasteiger charge is -2.09. The summed E-state index contributed by atoms with van der Waals surface area (Å²) in [5.74, 6) is 2.38. The van der Waals surface area contributed by atoms with Crippen LogP contribution >= 0.6 is 0 Å². The second-order valence-electron chi connectivity index (χ2n) is 2.81. The molecule has 1 fully saturated rings. The van der Waals surface area contributed by atoms with Crippen molar-refractivity contribution in [2.45, 2.75) is 19.8 Å². The van der Waals surface area contributed by atoms with Crippen molar-refractivity contribution in [3.63, 3.8) is 0 Å². The molecule has 0 radical (unpaired) electrons. The normalized spacial score (nSPS) is 15.0. The van der Waals surface area contributed by atoms with E-state index in [0.717, 1.165) is 0 Å². The molecule has 0 aromatic heterocycles. The number of imide groups is 1. The Hall–Kier alpha value is -2.09. The van der Waals surface area contributed by atoms with E-state index in [2.05, 4.69) is 23.3 Å². The molecule has 1 rings (SSSR count). The zero-order valence-electron chi connectivity index (χ0n) is 8.20. The maximum absolute atomic E-state index is 11.2. The summed E-state index contributed by atoms with van der Waals surface area (Å²) in [5, 5.41) is 0.398. The maximum atomic E-state index is 11.2. The largest absolute Gasteiger partial charge is 0.409 e. The van der Waals surface area contributed by atoms with Crippen LogP contribution in [0.1, 0.15) is 19.8 Å². The van der Waals surface area contributed by atoms with Gasteiger partial charge in [-0.3, -0.25) is 9.59 Å². The number of carbonyl (C=O) groups is 3. The minimum atomic E-state index is -0.923. The topological polar surface area (TPSA) is 63.7 Å². The number of carbonyl (C=O) groups excluding carboxylic acids is 3. The zero-order valence-corrected chi connectivity index (χ0v) is 8.20. The number of hydroxylamine groups is 2. The van der Waals surface area contributed by atoms with E-state index >= 15 is 0 Å². The Morgan fingerprint density at radius 1 is 1.60 bits per heavy atom. The van der Waals surface area contributed by atoms with Gasteiger partial charge in [-0.25, -0.2) is 4.79 Å². The molecule has 0 saturated carbocycles. The Balaban J connectivity index is 2.67. The van der Waals surface area contributed by atoms with Crippen LogP contribution in [-0.4, -0.2) is 22.8 Å². The summed E-state index contributed by atoms with van der Waals surface area (Å²) in [5.41, 5.74) is 0.108. The van der Waals surface area contributed by atoms with Gasteiger partial charge >= 0.3 is 5.97 Å². The van der Waals surface area contributed by atoms with Crippen molar-refractivity contribution in [1.82, 2.24) is 5.06 Å². The molecule has 5 nitrogen and oxygen atoms in total. The second-order valence-corrected chi connectivity index (χ2v) is 2.81. The van der Waals surface area contributed by atoms with Gasteiger partial charge in [-0.05, 0) is 0 Å². The van der Waals surface area contributed by atoms with E-state index in [1.54, 1.807) is 6.92 Å². The third-order valence-electron chi connectivity index (χ3n) is 1.62. The Kier molecular flexibility index (Phi) is 3.24. The lowest BCUT2D eigenvalue weighted by atomic mass is 10.3. The molecule has 1 aliphatic rings. The number of hydrogen-bond acceptors (Lipinski definition) is 4. The molecule has 15 heavy (non-hydrogen) atoms. The van der Waals surface area contributed by atoms with Crippen LogP contribution in [0.2, 0.25) is 0 Å². The van der Waals surface area contributed by atoms with Gasteiger partial charge in [0.15, 0.2) is 0 Å². The summed E-state index contributed by atoms with van der Waals surface area (Å²) in [6.45, 7) is 5.12. The van der Waals surface area contributed by atoms with Crippen LogP contribution in [0.5, 0.6) is 0 Å². The molecule has 0 aromatic rings. The van der Waals surface area contributed by atoms with E-state index in [4.69, 9.17) is 0 Å². The Bertz CT molecular complexity index is 399. The molecule has 0 atom stereocenters. The highest BCUT2D eigenvalue weighted by Gasteiger charge is 2.35. The summed E-state index contributed by atoms with van der Waals surface area (Å²) in [7, 11) is 0. The summed E-state index contributed by atoms with van der Waals surface area (Å²) in [6.07, 6.45) is 0.372. The van der Waals surface area contributed by atoms with Crippen molar-refractivity contribution < 1.29 is 19.2 Å². The molecule has 0 aliphatic carbocycles. The summed E-state index contributed by atoms with van der Waals surface area (Å²) in [6, 6.07) is 0. The van der Waals surface area contributed by atoms with Crippen LogP contribution in [0.25, 0.3) is 0 Å². The van der Waals surface area contributed by atoms with Crippen LogP contribution in [0.4, 0.5) is 0 Å². The minimum Gasteiger partial charge on any atom is -0.317 e. The van der Waals surface area contributed by atoms with E-state index in [9.17, 15) is 14.4 Å². The van der Waals surface area contributed by atoms with E-state index in [1.165, 1.54) is 0 Å². The molecule has 1 aliphatic heterocycles. The number of hydrogen-bond donors (Lipinski definition) is 0. The molecule has 5 heteroatoms. The van der Waals surface area contributed by atoms with Gasteiger partial charge in [0, 0.05) is 17.9 Å². The Labute approximate surface area is 86.6 Å². The van der Waals surface area contributed by atoms with E-state index in [0.29, 0.717) is 11.5 Å². The highest BCUT2D eigenvalue weighted by Crippen LogP contribution is 2.16. The average Bonchev–Trinajstić information content (AvgIpc) is 2.42. The summed E-state index contributed by atoms with van der Waals surface area (Å²) in [4.78, 5) is 37.8. The molecule has 0 aromatic carbocycles. The maximum Gasteiger partial charge on any atom is 0.409 e. The summed E-state index contributed by atoms with van der Waals surface area (Å²) < 4.78 is 0. The van der Waals surface area contributed by atoms with Crippen LogP contribution in [0.15, 0.2) is 12.2 Å². The summed E-state index contributed by atoms with van der Waals surface area (Å²) >= 11 is 0. The predicted octanol–water partition coefficient (Wildman–Crippen LogP) is 0.173. The van der Waals surface area contributed by atoms with Crippen molar-refractivity contribution in [2.75, 3.05) is 0 Å². The molecule has 0 bridgehead atoms. The molecule has 0 N–H and O–H groups in total. The lowest BCUT2D eigenvalue weighted by molar-refractivity contribution is -0.192. The third kappa shape index (κ3) is 2.44. The fraction of sp³-hybridized carbons (Fsp3) is 0.300. The van der Waals surface area contributed by atoms with Gasteiger partial charge in [-0.2, -0.15) is 0 Å². The number of rotatable bonds is 1. The van der Waals surface area contributed by atoms with Gasteiger partial charge < -0.3 is 4.84 Å². The average molecular weight is 207 g/mol. The van der Waals surface area contributed by atoms with Crippen molar-refractivity contribution >= 4 is 17.8 Å². The monoisotopic (exact) mass is 207 g/mol. The smallest absolute Gasteiger partial charge is 0.317 e. The lowest BCUT2D eigenvalue weighted by Crippen LogP contribution is -2.31. The molecular formula is C10H9NO4. The van der Waals surface area contributed by atoms with Crippen LogP contribution in [0, 0.1) is 11.8 Å². The van der Waals surface area contributed by atoms with E-state index < -0.39 is 17.8 Å². The van der Waals surface area contributed by atoms with Crippen molar-refractivity contribution in [2.24, 2.45) is 0 Å². The first-order valence-corrected chi connectivity index (χ1v) is 4.32. The van der Waals surface area contributed by atoms with Crippen molar-refractivity contribution in [1.29, 1.82) is 0 Å².